The van der Waals surface area contributed by atoms with Gasteiger partial charge in [0.2, 0.25) is 0 Å². The van der Waals surface area contributed by atoms with Crippen molar-refractivity contribution in [2.45, 2.75) is 149 Å². The minimum absolute atomic E-state index is 0.0648. The van der Waals surface area contributed by atoms with Crippen molar-refractivity contribution in [3.05, 3.63) is 332 Å². The number of aromatic nitrogens is 8. The molecule has 0 spiro atoms. The summed E-state index contributed by atoms with van der Waals surface area (Å²) < 4.78 is 12.1. The fourth-order valence-electron chi connectivity index (χ4n) is 17.0. The van der Waals surface area contributed by atoms with Crippen molar-refractivity contribution < 1.29 is 0 Å². The van der Waals surface area contributed by atoms with Gasteiger partial charge in [0.1, 0.15) is 0 Å². The Balaban J connectivity index is 1.06. The molecule has 8 bridgehead atoms. The molecule has 2 aliphatic heterocycles. The van der Waals surface area contributed by atoms with E-state index in [1.54, 1.807) is 0 Å². The van der Waals surface area contributed by atoms with Crippen molar-refractivity contribution in [3.8, 4) is 45.6 Å². The van der Waals surface area contributed by atoms with E-state index in [1.807, 2.05) is 0 Å². The van der Waals surface area contributed by atoms with Crippen LogP contribution >= 0.6 is 0 Å². The number of rotatable bonds is 32. The molecule has 0 saturated carbocycles. The van der Waals surface area contributed by atoms with Crippen LogP contribution in [0.1, 0.15) is 144 Å². The van der Waals surface area contributed by atoms with Crippen LogP contribution in [0.25, 0.3) is 89.7 Å². The molecule has 0 fully saturated rings. The van der Waals surface area contributed by atoms with Gasteiger partial charge in [0, 0.05) is 0 Å². The Morgan fingerprint density at radius 3 is 0.467 bits per heavy atom. The molecule has 120 heavy (non-hydrogen) atoms. The Kier molecular flexibility index (Phi) is 28.0. The van der Waals surface area contributed by atoms with Crippen LogP contribution in [-0.2, 0) is 93.9 Å². The number of nitrogens with one attached hydrogen (secondary N) is 2. The Hall–Kier alpha value is -7.84. The second-order valence-electron chi connectivity index (χ2n) is 30.1. The molecule has 0 saturated heterocycles. The van der Waals surface area contributed by atoms with E-state index in [0.717, 1.165) is 162 Å². The van der Waals surface area contributed by atoms with Crippen LogP contribution in [0.3, 0.4) is 0 Å². The molecule has 3 aromatic heterocycles. The van der Waals surface area contributed by atoms with Gasteiger partial charge in [-0.15, -0.1) is 0 Å². The quantitative estimate of drug-likeness (QED) is 0.0407. The molecule has 0 aliphatic carbocycles. The van der Waals surface area contributed by atoms with E-state index in [9.17, 15) is 0 Å². The summed E-state index contributed by atoms with van der Waals surface area (Å²) >= 11 is 0.532. The summed E-state index contributed by atoms with van der Waals surface area (Å²) in [6.07, 6.45) is 6.54. The van der Waals surface area contributed by atoms with E-state index in [4.69, 9.17) is 29.9 Å². The van der Waals surface area contributed by atoms with Gasteiger partial charge >= 0.3 is 766 Å². The first-order valence-electron chi connectivity index (χ1n) is 42.2. The third kappa shape index (κ3) is 17.7. The zero-order chi connectivity index (χ0) is 82.0. The number of H-pyrrole nitrogens is 2. The first kappa shape index (κ1) is 84.4. The molecule has 15 aromatic rings. The van der Waals surface area contributed by atoms with E-state index in [1.165, 1.54) is 146 Å². The fraction of sp³-hybridized carbons (Fsp3) is 0.231. The predicted molar refractivity (Wildman–Crippen MR) is 515 cm³/mol. The molecule has 602 valence electrons. The topological polar surface area (TPSA) is 109 Å². The SMILES string of the molecule is CCc1c([Se]Cc2ccccc2)c([Se]Cc2ccccc2)c(CC)c2c1-c1nc-2nc2[nH]c(nc3nc(nc4[nH]c(n1)c1c(CC)c([Se]Cc5ccccc5)c([Se]Cc5ccccc5)c(CC)c41)-c1c(CC)c([Se]Cc4ccccc4)c([Se]Cc4ccccc4)c(CC)c1-3)c1c(CC)c([Se]Cc3ccccc3)c([Se]Cc3ccccc3)c(CC)c21. The molecule has 0 unspecified atom stereocenters. The molecule has 5 heterocycles. The van der Waals surface area contributed by atoms with Crippen LogP contribution in [0.15, 0.2) is 243 Å². The van der Waals surface area contributed by atoms with Gasteiger partial charge in [-0.2, -0.15) is 0 Å². The van der Waals surface area contributed by atoms with Crippen LogP contribution in [0, 0.1) is 0 Å². The summed E-state index contributed by atoms with van der Waals surface area (Å²) in [5.74, 6) is 2.90. The molecular weight excluding hydrogens is 1990 g/mol. The Morgan fingerprint density at radius 1 is 0.183 bits per heavy atom. The van der Waals surface area contributed by atoms with Gasteiger partial charge in [0.25, 0.3) is 0 Å². The average molecular weight is 2090 g/mol. The van der Waals surface area contributed by atoms with Crippen LogP contribution in [0.4, 0.5) is 0 Å². The van der Waals surface area contributed by atoms with Gasteiger partial charge in [-0.3, -0.25) is 0 Å². The fourth-order valence-corrected chi connectivity index (χ4v) is 41.9. The van der Waals surface area contributed by atoms with Crippen molar-refractivity contribution >= 4 is 199 Å². The van der Waals surface area contributed by atoms with Gasteiger partial charge in [-0.25, -0.2) is 0 Å². The molecule has 16 heteroatoms. The first-order chi connectivity index (χ1) is 59.2. The summed E-state index contributed by atoms with van der Waals surface area (Å²) in [5, 5.41) is 12.5. The monoisotopic (exact) mass is 2100 g/mol. The summed E-state index contributed by atoms with van der Waals surface area (Å²) in [6, 6.07) is 89.9. The maximum atomic E-state index is 6.35. The normalized spacial score (nSPS) is 11.8. The van der Waals surface area contributed by atoms with Crippen molar-refractivity contribution in [1.82, 2.24) is 39.9 Å². The zero-order valence-electron chi connectivity index (χ0n) is 69.4. The van der Waals surface area contributed by atoms with Crippen LogP contribution < -0.4 is 35.7 Å². The summed E-state index contributed by atoms with van der Waals surface area (Å²) in [6.45, 7) is 19.2. The maximum absolute atomic E-state index is 6.35. The summed E-state index contributed by atoms with van der Waals surface area (Å²) in [5.41, 5.74) is 29.7. The van der Waals surface area contributed by atoms with Crippen LogP contribution in [0.5, 0.6) is 0 Å². The molecule has 2 N–H and O–H groups in total. The number of fused-ring (bicyclic) bond motifs is 20. The number of hydrogen-bond acceptors (Lipinski definition) is 6. The van der Waals surface area contributed by atoms with E-state index in [2.05, 4.69) is 308 Å². The minimum atomic E-state index is 0.0648. The van der Waals surface area contributed by atoms with E-state index in [0.29, 0.717) is 0 Å². The number of nitrogens with zero attached hydrogens (tertiary/aromatic N) is 6. The molecule has 17 rings (SSSR count). The van der Waals surface area contributed by atoms with Gasteiger partial charge in [0.05, 0.1) is 0 Å². The molecular formula is C104H98N8Se8. The van der Waals surface area contributed by atoms with Crippen molar-refractivity contribution in [2.75, 3.05) is 0 Å². The number of benzene rings is 12. The van der Waals surface area contributed by atoms with Crippen LogP contribution in [-0.4, -0.2) is 160 Å². The van der Waals surface area contributed by atoms with E-state index >= 15 is 0 Å². The number of hydrogen-bond donors (Lipinski definition) is 2. The van der Waals surface area contributed by atoms with Crippen molar-refractivity contribution in [2.24, 2.45) is 0 Å². The molecule has 0 amide bonds. The first-order valence-corrected chi connectivity index (χ1v) is 58.8. The Bertz CT molecular complexity index is 5610. The standard InChI is InChI=1S/C104H98N8Se8/c1-9-73-81-82(74(10-2)90(114-58-66-43-27-18-28-44-66)89(73)113-57-65-41-25-17-26-42-65)98-105-97(81)109-99-83-75(11-3)91(115-59-67-45-29-19-30-46-67)92(116-60-68-47-31-20-32-48-68)76(12-4)84(83)101(106-99)111-103-87-79(15-7)95(119-63-71-53-37-23-38-54-71)96(120-64-72-55-39-24-40-56-72)80(16-8)88(87)104(108-103)112-102-86-78(14-6)94(118-62-70-51-35-22-36-52-70)93(117-61-69-49-33-21-34-50-69)77(13-5)85(86)100(107-102)110-98/h17-56H,9-16,57-64H2,1-8H3,(H2,105,106,107,108,109,110,111,112). The molecule has 0 radical (unpaired) electrons. The van der Waals surface area contributed by atoms with Crippen LogP contribution in [0.2, 0.25) is 0 Å². The molecule has 2 aliphatic rings. The summed E-state index contributed by atoms with van der Waals surface area (Å²) in [7, 11) is 0. The van der Waals surface area contributed by atoms with Gasteiger partial charge in [-0.05, 0) is 0 Å². The third-order valence-electron chi connectivity index (χ3n) is 22.7. The number of aryl methyl sites for hydroxylation is 4. The van der Waals surface area contributed by atoms with Gasteiger partial charge in [-0.1, -0.05) is 0 Å². The number of aromatic amines is 2. The van der Waals surface area contributed by atoms with Gasteiger partial charge in [0.15, 0.2) is 0 Å². The predicted octanol–water partition coefficient (Wildman–Crippen LogP) is 15.6. The second kappa shape index (κ2) is 39.8. The molecule has 0 atom stereocenters. The van der Waals surface area contributed by atoms with E-state index < -0.39 is 0 Å². The Labute approximate surface area is 758 Å². The average Bonchev–Trinajstić information content (AvgIpc) is 1.55. The third-order valence-corrected chi connectivity index (χ3v) is 45.7. The molecule has 12 aromatic carbocycles. The second-order valence-corrected chi connectivity index (χ2v) is 46.6. The Morgan fingerprint density at radius 2 is 0.325 bits per heavy atom. The van der Waals surface area contributed by atoms with Gasteiger partial charge < -0.3 is 0 Å². The summed E-state index contributed by atoms with van der Waals surface area (Å²) in [4.78, 5) is 46.3. The van der Waals surface area contributed by atoms with Crippen molar-refractivity contribution in [1.29, 1.82) is 0 Å². The van der Waals surface area contributed by atoms with Crippen molar-refractivity contribution in [3.63, 3.8) is 0 Å². The van der Waals surface area contributed by atoms with E-state index in [-0.39, 0.29) is 120 Å². The molecule has 8 nitrogen and oxygen atoms in total. The zero-order valence-corrected chi connectivity index (χ0v) is 83.1.